The van der Waals surface area contributed by atoms with Gasteiger partial charge in [-0.25, -0.2) is 0 Å². The van der Waals surface area contributed by atoms with Crippen LogP contribution in [0.1, 0.15) is 18.3 Å². The normalized spacial score (nSPS) is 14.2. The SMILES string of the molecule is CCc1nn2c(c1Oc1cc(Cl)cc(Cl)c1)CNCC2. The molecule has 0 unspecified atom stereocenters. The van der Waals surface area contributed by atoms with Crippen LogP contribution in [0.4, 0.5) is 0 Å². The van der Waals surface area contributed by atoms with Gasteiger partial charge in [0.25, 0.3) is 0 Å². The van der Waals surface area contributed by atoms with Crippen molar-refractivity contribution in [2.75, 3.05) is 6.54 Å². The first-order chi connectivity index (χ1) is 9.67. The van der Waals surface area contributed by atoms with E-state index in [0.29, 0.717) is 15.8 Å². The van der Waals surface area contributed by atoms with Crippen LogP contribution in [0.3, 0.4) is 0 Å². The van der Waals surface area contributed by atoms with Crippen LogP contribution in [0.15, 0.2) is 18.2 Å². The number of halogens is 2. The van der Waals surface area contributed by atoms with Gasteiger partial charge < -0.3 is 10.1 Å². The van der Waals surface area contributed by atoms with Gasteiger partial charge in [-0.3, -0.25) is 4.68 Å². The molecule has 106 valence electrons. The van der Waals surface area contributed by atoms with E-state index in [1.807, 2.05) is 4.68 Å². The lowest BCUT2D eigenvalue weighted by Gasteiger charge is -2.16. The van der Waals surface area contributed by atoms with Crippen molar-refractivity contribution in [2.45, 2.75) is 26.4 Å². The second-order valence-electron chi connectivity index (χ2n) is 4.68. The molecule has 3 rings (SSSR count). The first kappa shape index (κ1) is 13.7. The first-order valence-corrected chi connectivity index (χ1v) is 7.36. The maximum absolute atomic E-state index is 6.01. The Balaban J connectivity index is 1.99. The minimum Gasteiger partial charge on any atom is -0.453 e. The van der Waals surface area contributed by atoms with Gasteiger partial charge in [-0.1, -0.05) is 30.1 Å². The summed E-state index contributed by atoms with van der Waals surface area (Å²) in [6.45, 7) is 4.62. The molecular weight excluding hydrogens is 297 g/mol. The molecule has 1 aromatic heterocycles. The molecule has 0 atom stereocenters. The van der Waals surface area contributed by atoms with Gasteiger partial charge in [-0.15, -0.1) is 0 Å². The van der Waals surface area contributed by atoms with E-state index in [9.17, 15) is 0 Å². The fraction of sp³-hybridized carbons (Fsp3) is 0.357. The Labute approximate surface area is 127 Å². The second-order valence-corrected chi connectivity index (χ2v) is 5.56. The van der Waals surface area contributed by atoms with Crippen molar-refractivity contribution in [1.29, 1.82) is 0 Å². The van der Waals surface area contributed by atoms with E-state index in [-0.39, 0.29) is 0 Å². The lowest BCUT2D eigenvalue weighted by atomic mass is 10.2. The van der Waals surface area contributed by atoms with Crippen LogP contribution in [0.5, 0.6) is 11.5 Å². The third-order valence-corrected chi connectivity index (χ3v) is 3.70. The molecule has 0 spiro atoms. The van der Waals surface area contributed by atoms with Gasteiger partial charge in [0.2, 0.25) is 0 Å². The van der Waals surface area contributed by atoms with E-state index >= 15 is 0 Å². The zero-order valence-corrected chi connectivity index (χ0v) is 12.6. The van der Waals surface area contributed by atoms with Crippen molar-refractivity contribution in [1.82, 2.24) is 15.1 Å². The summed E-state index contributed by atoms with van der Waals surface area (Å²) in [6, 6.07) is 5.20. The number of hydrogen-bond acceptors (Lipinski definition) is 3. The fourth-order valence-corrected chi connectivity index (χ4v) is 2.84. The third kappa shape index (κ3) is 2.64. The number of aromatic nitrogens is 2. The van der Waals surface area contributed by atoms with E-state index in [0.717, 1.165) is 43.2 Å². The largest absolute Gasteiger partial charge is 0.453 e. The van der Waals surface area contributed by atoms with Crippen molar-refractivity contribution >= 4 is 23.2 Å². The smallest absolute Gasteiger partial charge is 0.173 e. The molecule has 0 bridgehead atoms. The van der Waals surface area contributed by atoms with Gasteiger partial charge in [0.1, 0.15) is 11.4 Å². The second kappa shape index (κ2) is 5.64. The van der Waals surface area contributed by atoms with Gasteiger partial charge in [-0.05, 0) is 24.6 Å². The van der Waals surface area contributed by atoms with E-state index in [2.05, 4.69) is 17.3 Å². The summed E-state index contributed by atoms with van der Waals surface area (Å²) >= 11 is 12.0. The summed E-state index contributed by atoms with van der Waals surface area (Å²) in [5, 5.41) is 9.05. The summed E-state index contributed by atoms with van der Waals surface area (Å²) in [7, 11) is 0. The molecular formula is C14H15Cl2N3O. The highest BCUT2D eigenvalue weighted by Crippen LogP contribution is 2.33. The van der Waals surface area contributed by atoms with Crippen molar-refractivity contribution < 1.29 is 4.74 Å². The molecule has 0 fully saturated rings. The van der Waals surface area contributed by atoms with Crippen LogP contribution >= 0.6 is 23.2 Å². The quantitative estimate of drug-likeness (QED) is 0.940. The Hall–Kier alpha value is -1.23. The van der Waals surface area contributed by atoms with E-state index in [4.69, 9.17) is 27.9 Å². The number of rotatable bonds is 3. The standard InChI is InChI=1S/C14H15Cl2N3O/c1-2-12-14(13-8-17-3-4-19(13)18-12)20-11-6-9(15)5-10(16)7-11/h5-7,17H,2-4,8H2,1H3. The van der Waals surface area contributed by atoms with Gasteiger partial charge >= 0.3 is 0 Å². The molecule has 1 aliphatic heterocycles. The minimum absolute atomic E-state index is 0.560. The predicted molar refractivity (Wildman–Crippen MR) is 79.8 cm³/mol. The van der Waals surface area contributed by atoms with Crippen LogP contribution in [0.2, 0.25) is 10.0 Å². The lowest BCUT2D eigenvalue weighted by Crippen LogP contribution is -2.28. The van der Waals surface area contributed by atoms with E-state index in [1.165, 1.54) is 0 Å². The Morgan fingerprint density at radius 2 is 2.05 bits per heavy atom. The Morgan fingerprint density at radius 3 is 2.75 bits per heavy atom. The molecule has 0 amide bonds. The Bertz CT molecular complexity index is 619. The Kier molecular flexibility index (Phi) is 3.87. The number of benzene rings is 1. The van der Waals surface area contributed by atoms with Crippen molar-refractivity contribution in [3.8, 4) is 11.5 Å². The maximum atomic E-state index is 6.01. The molecule has 1 N–H and O–H groups in total. The van der Waals surface area contributed by atoms with Gasteiger partial charge in [0.15, 0.2) is 5.75 Å². The zero-order valence-electron chi connectivity index (χ0n) is 11.1. The molecule has 0 radical (unpaired) electrons. The summed E-state index contributed by atoms with van der Waals surface area (Å²) in [4.78, 5) is 0. The van der Waals surface area contributed by atoms with Crippen molar-refractivity contribution in [3.05, 3.63) is 39.6 Å². The van der Waals surface area contributed by atoms with Gasteiger partial charge in [-0.2, -0.15) is 5.10 Å². The average molecular weight is 312 g/mol. The Morgan fingerprint density at radius 1 is 1.30 bits per heavy atom. The van der Waals surface area contributed by atoms with Gasteiger partial charge in [0, 0.05) is 23.1 Å². The topological polar surface area (TPSA) is 39.1 Å². The molecule has 2 heterocycles. The number of fused-ring (bicyclic) bond motifs is 1. The van der Waals surface area contributed by atoms with Crippen LogP contribution in [-0.4, -0.2) is 16.3 Å². The minimum atomic E-state index is 0.560. The molecule has 4 nitrogen and oxygen atoms in total. The fourth-order valence-electron chi connectivity index (χ4n) is 2.34. The molecule has 20 heavy (non-hydrogen) atoms. The number of hydrogen-bond donors (Lipinski definition) is 1. The van der Waals surface area contributed by atoms with Crippen molar-refractivity contribution in [2.24, 2.45) is 0 Å². The summed E-state index contributed by atoms with van der Waals surface area (Å²) in [6.07, 6.45) is 0.823. The van der Waals surface area contributed by atoms with Crippen LogP contribution < -0.4 is 10.1 Å². The highest BCUT2D eigenvalue weighted by Gasteiger charge is 2.21. The number of aryl methyl sites for hydroxylation is 1. The lowest BCUT2D eigenvalue weighted by molar-refractivity contribution is 0.438. The highest BCUT2D eigenvalue weighted by atomic mass is 35.5. The summed E-state index contributed by atoms with van der Waals surface area (Å²) < 4.78 is 8.02. The van der Waals surface area contributed by atoms with E-state index in [1.54, 1.807) is 18.2 Å². The number of ether oxygens (including phenoxy) is 1. The highest BCUT2D eigenvalue weighted by molar-refractivity contribution is 6.34. The third-order valence-electron chi connectivity index (χ3n) is 3.26. The zero-order chi connectivity index (χ0) is 14.1. The predicted octanol–water partition coefficient (Wildman–Crippen LogP) is 3.65. The molecule has 6 heteroatoms. The molecule has 1 aromatic carbocycles. The molecule has 0 aliphatic carbocycles. The number of nitrogens with one attached hydrogen (secondary N) is 1. The monoisotopic (exact) mass is 311 g/mol. The summed E-state index contributed by atoms with van der Waals surface area (Å²) in [5.41, 5.74) is 2.03. The molecule has 1 aliphatic rings. The maximum Gasteiger partial charge on any atom is 0.173 e. The summed E-state index contributed by atoms with van der Waals surface area (Å²) in [5.74, 6) is 1.46. The van der Waals surface area contributed by atoms with Crippen molar-refractivity contribution in [3.63, 3.8) is 0 Å². The molecule has 0 saturated carbocycles. The molecule has 2 aromatic rings. The van der Waals surface area contributed by atoms with Gasteiger partial charge in [0.05, 0.1) is 12.2 Å². The number of nitrogens with zero attached hydrogens (tertiary/aromatic N) is 2. The average Bonchev–Trinajstić information content (AvgIpc) is 2.76. The van der Waals surface area contributed by atoms with E-state index < -0.39 is 0 Å². The molecule has 0 saturated heterocycles. The first-order valence-electron chi connectivity index (χ1n) is 6.60. The van der Waals surface area contributed by atoms with Crippen LogP contribution in [0.25, 0.3) is 0 Å². The van der Waals surface area contributed by atoms with Crippen LogP contribution in [0, 0.1) is 0 Å². The van der Waals surface area contributed by atoms with Crippen LogP contribution in [-0.2, 0) is 19.5 Å².